The molecule has 2 N–H and O–H groups in total. The molecule has 2 aromatic carbocycles. The third-order valence-corrected chi connectivity index (χ3v) is 4.30. The van der Waals surface area contributed by atoms with Gasteiger partial charge in [-0.1, -0.05) is 24.3 Å². The van der Waals surface area contributed by atoms with Gasteiger partial charge in [0.2, 0.25) is 5.43 Å². The highest BCUT2D eigenvalue weighted by Gasteiger charge is 2.16. The molecule has 0 fully saturated rings. The van der Waals surface area contributed by atoms with Gasteiger partial charge in [-0.05, 0) is 36.8 Å². The van der Waals surface area contributed by atoms with Crippen molar-refractivity contribution in [1.82, 2.24) is 20.4 Å². The maximum atomic E-state index is 14.1. The SMILES string of the molecule is CNC(=O)c1ccc(CNC(=O)c2nn(-c3ccccc3F)c(C)cc2=O)cc1. The molecule has 0 unspecified atom stereocenters. The molecule has 0 aliphatic heterocycles. The minimum atomic E-state index is -0.671. The van der Waals surface area contributed by atoms with E-state index in [0.717, 1.165) is 5.56 Å². The number of nitrogens with one attached hydrogen (secondary N) is 2. The topological polar surface area (TPSA) is 93.1 Å². The average Bonchev–Trinajstić information content (AvgIpc) is 2.72. The highest BCUT2D eigenvalue weighted by molar-refractivity contribution is 5.94. The zero-order valence-corrected chi connectivity index (χ0v) is 15.9. The molecular weight excluding hydrogens is 375 g/mol. The molecule has 29 heavy (non-hydrogen) atoms. The molecule has 3 rings (SSSR count). The minimum Gasteiger partial charge on any atom is -0.355 e. The largest absolute Gasteiger partial charge is 0.355 e. The maximum absolute atomic E-state index is 14.1. The van der Waals surface area contributed by atoms with Gasteiger partial charge in [-0.2, -0.15) is 5.10 Å². The van der Waals surface area contributed by atoms with E-state index < -0.39 is 17.2 Å². The standard InChI is InChI=1S/C21H19FN4O3/c1-13-11-18(27)19(25-26(13)17-6-4-3-5-16(17)22)21(29)24-12-14-7-9-15(10-8-14)20(28)23-2/h3-11H,12H2,1-2H3,(H,23,28)(H,24,29). The fourth-order valence-corrected chi connectivity index (χ4v) is 2.76. The zero-order valence-electron chi connectivity index (χ0n) is 15.9. The number of para-hydroxylation sites is 1. The average molecular weight is 394 g/mol. The van der Waals surface area contributed by atoms with Crippen LogP contribution in [0.3, 0.4) is 0 Å². The second-order valence-corrected chi connectivity index (χ2v) is 6.32. The third-order valence-electron chi connectivity index (χ3n) is 4.30. The highest BCUT2D eigenvalue weighted by Crippen LogP contribution is 2.13. The maximum Gasteiger partial charge on any atom is 0.276 e. The minimum absolute atomic E-state index is 0.140. The van der Waals surface area contributed by atoms with Crippen molar-refractivity contribution >= 4 is 11.8 Å². The first kappa shape index (κ1) is 19.9. The molecule has 0 atom stereocenters. The van der Waals surface area contributed by atoms with Crippen LogP contribution in [0.1, 0.15) is 32.1 Å². The molecule has 0 saturated carbocycles. The smallest absolute Gasteiger partial charge is 0.276 e. The molecule has 2 amide bonds. The lowest BCUT2D eigenvalue weighted by Crippen LogP contribution is -2.31. The summed E-state index contributed by atoms with van der Waals surface area (Å²) < 4.78 is 15.3. The van der Waals surface area contributed by atoms with Crippen LogP contribution >= 0.6 is 0 Å². The van der Waals surface area contributed by atoms with Gasteiger partial charge in [-0.25, -0.2) is 9.07 Å². The lowest BCUT2D eigenvalue weighted by atomic mass is 10.1. The molecule has 0 radical (unpaired) electrons. The summed E-state index contributed by atoms with van der Waals surface area (Å²) in [5, 5.41) is 9.21. The van der Waals surface area contributed by atoms with Gasteiger partial charge in [0, 0.05) is 30.9 Å². The predicted octanol–water partition coefficient (Wildman–Crippen LogP) is 1.97. The van der Waals surface area contributed by atoms with E-state index in [1.54, 1.807) is 50.4 Å². The number of nitrogens with zero attached hydrogens (tertiary/aromatic N) is 2. The van der Waals surface area contributed by atoms with Gasteiger partial charge in [-0.15, -0.1) is 0 Å². The molecule has 0 spiro atoms. The Morgan fingerprint density at radius 3 is 2.41 bits per heavy atom. The van der Waals surface area contributed by atoms with Crippen molar-refractivity contribution in [3.8, 4) is 5.69 Å². The van der Waals surface area contributed by atoms with Crippen LogP contribution in [0.2, 0.25) is 0 Å². The first-order valence-electron chi connectivity index (χ1n) is 8.86. The van der Waals surface area contributed by atoms with E-state index in [0.29, 0.717) is 11.3 Å². The van der Waals surface area contributed by atoms with Gasteiger partial charge in [-0.3, -0.25) is 14.4 Å². The zero-order chi connectivity index (χ0) is 21.0. The summed E-state index contributed by atoms with van der Waals surface area (Å²) in [6, 6.07) is 13.9. The summed E-state index contributed by atoms with van der Waals surface area (Å²) >= 11 is 0. The van der Waals surface area contributed by atoms with E-state index in [2.05, 4.69) is 15.7 Å². The summed E-state index contributed by atoms with van der Waals surface area (Å²) in [6.07, 6.45) is 0. The molecule has 8 heteroatoms. The van der Waals surface area contributed by atoms with Gasteiger partial charge in [0.05, 0.1) is 0 Å². The number of rotatable bonds is 5. The Morgan fingerprint density at radius 1 is 1.07 bits per heavy atom. The third kappa shape index (κ3) is 4.37. The molecule has 0 saturated heterocycles. The number of aryl methyl sites for hydroxylation is 1. The van der Waals surface area contributed by atoms with Crippen LogP contribution in [0.5, 0.6) is 0 Å². The molecule has 0 bridgehead atoms. The first-order chi connectivity index (χ1) is 13.9. The second-order valence-electron chi connectivity index (χ2n) is 6.32. The highest BCUT2D eigenvalue weighted by atomic mass is 19.1. The molecule has 0 aliphatic rings. The van der Waals surface area contributed by atoms with E-state index in [1.165, 1.54) is 22.9 Å². The van der Waals surface area contributed by atoms with Crippen molar-refractivity contribution in [3.63, 3.8) is 0 Å². The molecule has 1 heterocycles. The Balaban J connectivity index is 1.81. The number of hydrogen-bond donors (Lipinski definition) is 2. The monoisotopic (exact) mass is 394 g/mol. The van der Waals surface area contributed by atoms with E-state index in [4.69, 9.17) is 0 Å². The van der Waals surface area contributed by atoms with Crippen LogP contribution in [0.4, 0.5) is 4.39 Å². The van der Waals surface area contributed by atoms with Gasteiger partial charge >= 0.3 is 0 Å². The summed E-state index contributed by atoms with van der Waals surface area (Å²) in [4.78, 5) is 36.3. The number of amides is 2. The Hall–Kier alpha value is -3.81. The van der Waals surface area contributed by atoms with Crippen molar-refractivity contribution < 1.29 is 14.0 Å². The van der Waals surface area contributed by atoms with Gasteiger partial charge < -0.3 is 10.6 Å². The van der Waals surface area contributed by atoms with Crippen LogP contribution in [0, 0.1) is 12.7 Å². The Bertz CT molecular complexity index is 1120. The number of carbonyl (C=O) groups excluding carboxylic acids is 2. The van der Waals surface area contributed by atoms with Crippen molar-refractivity contribution in [2.75, 3.05) is 7.05 Å². The number of halogens is 1. The Labute approximate surface area is 166 Å². The lowest BCUT2D eigenvalue weighted by molar-refractivity contribution is 0.0939. The lowest BCUT2D eigenvalue weighted by Gasteiger charge is -2.12. The Kier molecular flexibility index (Phi) is 5.82. The first-order valence-corrected chi connectivity index (χ1v) is 8.86. The van der Waals surface area contributed by atoms with Gasteiger partial charge in [0.1, 0.15) is 11.5 Å². The fraction of sp³-hybridized carbons (Fsp3) is 0.143. The van der Waals surface area contributed by atoms with Crippen molar-refractivity contribution in [2.45, 2.75) is 13.5 Å². The Morgan fingerprint density at radius 2 is 1.76 bits per heavy atom. The van der Waals surface area contributed by atoms with Crippen LogP contribution in [0.15, 0.2) is 59.4 Å². The molecular formula is C21H19FN4O3. The van der Waals surface area contributed by atoms with E-state index in [-0.39, 0.29) is 23.8 Å². The van der Waals surface area contributed by atoms with E-state index >= 15 is 0 Å². The van der Waals surface area contributed by atoms with Crippen molar-refractivity contribution in [3.05, 3.63) is 93.2 Å². The van der Waals surface area contributed by atoms with Crippen molar-refractivity contribution in [2.24, 2.45) is 0 Å². The molecule has 1 aromatic heterocycles. The van der Waals surface area contributed by atoms with Crippen LogP contribution in [-0.2, 0) is 6.54 Å². The van der Waals surface area contributed by atoms with Crippen LogP contribution < -0.4 is 16.1 Å². The number of benzene rings is 2. The molecule has 148 valence electrons. The van der Waals surface area contributed by atoms with E-state index in [9.17, 15) is 18.8 Å². The van der Waals surface area contributed by atoms with Crippen LogP contribution in [-0.4, -0.2) is 28.6 Å². The molecule has 3 aromatic rings. The number of aromatic nitrogens is 2. The second kappa shape index (κ2) is 8.47. The summed E-state index contributed by atoms with van der Waals surface area (Å²) in [5.74, 6) is -1.40. The summed E-state index contributed by atoms with van der Waals surface area (Å²) in [5.41, 5.74) is 0.900. The van der Waals surface area contributed by atoms with Crippen LogP contribution in [0.25, 0.3) is 5.69 Å². The fourth-order valence-electron chi connectivity index (χ4n) is 2.76. The number of carbonyl (C=O) groups is 2. The summed E-state index contributed by atoms with van der Waals surface area (Å²) in [6.45, 7) is 1.75. The molecule has 7 nitrogen and oxygen atoms in total. The number of hydrogen-bond acceptors (Lipinski definition) is 4. The molecule has 0 aliphatic carbocycles. The quantitative estimate of drug-likeness (QED) is 0.692. The van der Waals surface area contributed by atoms with Crippen molar-refractivity contribution in [1.29, 1.82) is 0 Å². The van der Waals surface area contributed by atoms with E-state index in [1.807, 2.05) is 0 Å². The van der Waals surface area contributed by atoms with Gasteiger partial charge in [0.25, 0.3) is 11.8 Å². The van der Waals surface area contributed by atoms with Gasteiger partial charge in [0.15, 0.2) is 5.69 Å². The normalized spacial score (nSPS) is 10.4. The summed E-state index contributed by atoms with van der Waals surface area (Å²) in [7, 11) is 1.54. The predicted molar refractivity (Wildman–Crippen MR) is 106 cm³/mol.